The highest BCUT2D eigenvalue weighted by atomic mass is 35.5. The quantitative estimate of drug-likeness (QED) is 0.836. The predicted octanol–water partition coefficient (Wildman–Crippen LogP) is 3.29. The van der Waals surface area contributed by atoms with Crippen LogP contribution in [0, 0.1) is 11.3 Å². The zero-order chi connectivity index (χ0) is 11.1. The maximum absolute atomic E-state index is 10.0. The third-order valence-corrected chi connectivity index (χ3v) is 3.66. The topological polar surface area (TPSA) is 20.2 Å². The molecule has 82 valence electrons. The summed E-state index contributed by atoms with van der Waals surface area (Å²) in [7, 11) is 0. The highest BCUT2D eigenvalue weighted by Crippen LogP contribution is 2.53. The minimum atomic E-state index is -0.207. The monoisotopic (exact) mass is 224 g/mol. The van der Waals surface area contributed by atoms with Crippen LogP contribution in [0.4, 0.5) is 0 Å². The molecule has 0 aliphatic heterocycles. The van der Waals surface area contributed by atoms with Gasteiger partial charge in [0.05, 0.1) is 6.10 Å². The second-order valence-electron chi connectivity index (χ2n) is 5.20. The first-order chi connectivity index (χ1) is 6.99. The zero-order valence-corrected chi connectivity index (χ0v) is 9.96. The maximum Gasteiger partial charge on any atom is 0.0614 e. The summed E-state index contributed by atoms with van der Waals surface area (Å²) in [4.78, 5) is 0. The van der Waals surface area contributed by atoms with Crippen molar-refractivity contribution in [2.24, 2.45) is 11.3 Å². The standard InChI is InChI=1S/C13H17ClO/c1-13(2)8-11(13)12(15)7-9-3-5-10(14)6-4-9/h3-6,11-12,15H,7-8H2,1-2H3. The summed E-state index contributed by atoms with van der Waals surface area (Å²) in [5, 5.41) is 10.8. The van der Waals surface area contributed by atoms with Crippen LogP contribution in [-0.2, 0) is 6.42 Å². The fraction of sp³-hybridized carbons (Fsp3) is 0.538. The molecular formula is C13H17ClO. The lowest BCUT2D eigenvalue weighted by Gasteiger charge is -2.12. The van der Waals surface area contributed by atoms with Gasteiger partial charge in [0.2, 0.25) is 0 Å². The normalized spacial score (nSPS) is 24.9. The Labute approximate surface area is 96.1 Å². The van der Waals surface area contributed by atoms with E-state index in [9.17, 15) is 5.11 Å². The van der Waals surface area contributed by atoms with E-state index in [0.29, 0.717) is 11.3 Å². The van der Waals surface area contributed by atoms with Gasteiger partial charge in [-0.25, -0.2) is 0 Å². The van der Waals surface area contributed by atoms with Crippen molar-refractivity contribution in [3.8, 4) is 0 Å². The van der Waals surface area contributed by atoms with Gasteiger partial charge < -0.3 is 5.11 Å². The smallest absolute Gasteiger partial charge is 0.0614 e. The first-order valence-corrected chi connectivity index (χ1v) is 5.79. The second-order valence-corrected chi connectivity index (χ2v) is 5.63. The number of aliphatic hydroxyl groups is 1. The Morgan fingerprint density at radius 2 is 1.93 bits per heavy atom. The van der Waals surface area contributed by atoms with E-state index in [1.165, 1.54) is 0 Å². The molecule has 0 radical (unpaired) electrons. The number of benzene rings is 1. The molecule has 2 atom stereocenters. The van der Waals surface area contributed by atoms with Crippen LogP contribution in [0.15, 0.2) is 24.3 Å². The molecule has 1 aliphatic carbocycles. The van der Waals surface area contributed by atoms with Gasteiger partial charge in [0, 0.05) is 5.02 Å². The second kappa shape index (κ2) is 3.80. The molecule has 1 saturated carbocycles. The van der Waals surface area contributed by atoms with E-state index in [1.807, 2.05) is 24.3 Å². The van der Waals surface area contributed by atoms with E-state index in [4.69, 9.17) is 11.6 Å². The molecule has 1 aromatic rings. The Kier molecular flexibility index (Phi) is 2.78. The average molecular weight is 225 g/mol. The summed E-state index contributed by atoms with van der Waals surface area (Å²) < 4.78 is 0. The average Bonchev–Trinajstić information content (AvgIpc) is 2.79. The van der Waals surface area contributed by atoms with Gasteiger partial charge in [-0.1, -0.05) is 37.6 Å². The summed E-state index contributed by atoms with van der Waals surface area (Å²) >= 11 is 5.81. The van der Waals surface area contributed by atoms with Crippen molar-refractivity contribution in [1.82, 2.24) is 0 Å². The number of hydrogen-bond donors (Lipinski definition) is 1. The van der Waals surface area contributed by atoms with Gasteiger partial charge >= 0.3 is 0 Å². The van der Waals surface area contributed by atoms with Crippen LogP contribution in [0.2, 0.25) is 5.02 Å². The summed E-state index contributed by atoms with van der Waals surface area (Å²) in [6.45, 7) is 4.42. The van der Waals surface area contributed by atoms with E-state index >= 15 is 0 Å². The number of rotatable bonds is 3. The van der Waals surface area contributed by atoms with Crippen molar-refractivity contribution in [3.63, 3.8) is 0 Å². The summed E-state index contributed by atoms with van der Waals surface area (Å²) in [6, 6.07) is 7.73. The van der Waals surface area contributed by atoms with Gasteiger partial charge in [-0.3, -0.25) is 0 Å². The van der Waals surface area contributed by atoms with Crippen LogP contribution < -0.4 is 0 Å². The van der Waals surface area contributed by atoms with Gasteiger partial charge in [-0.15, -0.1) is 0 Å². The predicted molar refractivity (Wildman–Crippen MR) is 63.1 cm³/mol. The van der Waals surface area contributed by atoms with Crippen LogP contribution in [0.25, 0.3) is 0 Å². The SMILES string of the molecule is CC1(C)CC1C(O)Cc1ccc(Cl)cc1. The van der Waals surface area contributed by atoms with Crippen molar-refractivity contribution in [2.75, 3.05) is 0 Å². The van der Waals surface area contributed by atoms with E-state index < -0.39 is 0 Å². The molecule has 1 aliphatic rings. The largest absolute Gasteiger partial charge is 0.392 e. The Balaban J connectivity index is 1.95. The highest BCUT2D eigenvalue weighted by Gasteiger charge is 2.49. The van der Waals surface area contributed by atoms with Crippen molar-refractivity contribution in [2.45, 2.75) is 32.8 Å². The third kappa shape index (κ3) is 2.53. The Bertz CT molecular complexity index is 342. The van der Waals surface area contributed by atoms with E-state index in [-0.39, 0.29) is 6.10 Å². The van der Waals surface area contributed by atoms with E-state index in [2.05, 4.69) is 13.8 Å². The summed E-state index contributed by atoms with van der Waals surface area (Å²) in [6.07, 6.45) is 1.67. The lowest BCUT2D eigenvalue weighted by molar-refractivity contribution is 0.137. The molecule has 0 heterocycles. The molecule has 1 fully saturated rings. The highest BCUT2D eigenvalue weighted by molar-refractivity contribution is 6.30. The van der Waals surface area contributed by atoms with Gasteiger partial charge in [0.25, 0.3) is 0 Å². The first-order valence-electron chi connectivity index (χ1n) is 5.41. The molecule has 1 N–H and O–H groups in total. The zero-order valence-electron chi connectivity index (χ0n) is 9.20. The van der Waals surface area contributed by atoms with Gasteiger partial charge in [-0.05, 0) is 41.9 Å². The van der Waals surface area contributed by atoms with Crippen LogP contribution in [-0.4, -0.2) is 11.2 Å². The molecule has 0 amide bonds. The van der Waals surface area contributed by atoms with E-state index in [1.54, 1.807) is 0 Å². The van der Waals surface area contributed by atoms with Crippen molar-refractivity contribution < 1.29 is 5.11 Å². The van der Waals surface area contributed by atoms with Crippen LogP contribution >= 0.6 is 11.6 Å². The molecule has 1 aromatic carbocycles. The fourth-order valence-electron chi connectivity index (χ4n) is 2.17. The number of aliphatic hydroxyl groups excluding tert-OH is 1. The number of hydrogen-bond acceptors (Lipinski definition) is 1. The van der Waals surface area contributed by atoms with Gasteiger partial charge in [-0.2, -0.15) is 0 Å². The lowest BCUT2D eigenvalue weighted by atomic mass is 10.00. The van der Waals surface area contributed by atoms with E-state index in [0.717, 1.165) is 23.4 Å². The Hall–Kier alpha value is -0.530. The molecule has 0 spiro atoms. The van der Waals surface area contributed by atoms with Crippen molar-refractivity contribution in [1.29, 1.82) is 0 Å². The van der Waals surface area contributed by atoms with Crippen molar-refractivity contribution >= 4 is 11.6 Å². The van der Waals surface area contributed by atoms with Gasteiger partial charge in [0.15, 0.2) is 0 Å². The van der Waals surface area contributed by atoms with Crippen LogP contribution in [0.5, 0.6) is 0 Å². The molecule has 2 rings (SSSR count). The lowest BCUT2D eigenvalue weighted by Crippen LogP contribution is -2.16. The summed E-state index contributed by atoms with van der Waals surface area (Å²) in [5.74, 6) is 0.466. The van der Waals surface area contributed by atoms with Crippen LogP contribution in [0.1, 0.15) is 25.8 Å². The fourth-order valence-corrected chi connectivity index (χ4v) is 2.29. The molecule has 0 aromatic heterocycles. The molecule has 0 saturated heterocycles. The van der Waals surface area contributed by atoms with Crippen LogP contribution in [0.3, 0.4) is 0 Å². The molecule has 1 nitrogen and oxygen atoms in total. The first kappa shape index (κ1) is 11.0. The minimum Gasteiger partial charge on any atom is -0.392 e. The molecule has 2 heteroatoms. The Morgan fingerprint density at radius 3 is 2.40 bits per heavy atom. The maximum atomic E-state index is 10.0. The molecule has 15 heavy (non-hydrogen) atoms. The third-order valence-electron chi connectivity index (χ3n) is 3.41. The van der Waals surface area contributed by atoms with Gasteiger partial charge in [0.1, 0.15) is 0 Å². The molecular weight excluding hydrogens is 208 g/mol. The minimum absolute atomic E-state index is 0.207. The molecule has 2 unspecified atom stereocenters. The number of halogens is 1. The molecule has 0 bridgehead atoms. The Morgan fingerprint density at radius 1 is 1.40 bits per heavy atom. The summed E-state index contributed by atoms with van der Waals surface area (Å²) in [5.41, 5.74) is 1.50. The van der Waals surface area contributed by atoms with Crippen molar-refractivity contribution in [3.05, 3.63) is 34.9 Å².